The second kappa shape index (κ2) is 7.56. The highest BCUT2D eigenvalue weighted by atomic mass is 35.5. The van der Waals surface area contributed by atoms with Crippen molar-refractivity contribution in [2.45, 2.75) is 13.8 Å². The fourth-order valence-corrected chi connectivity index (χ4v) is 3.67. The molecule has 146 valence electrons. The summed E-state index contributed by atoms with van der Waals surface area (Å²) in [4.78, 5) is 13.0. The lowest BCUT2D eigenvalue weighted by molar-refractivity contribution is 0.102. The summed E-state index contributed by atoms with van der Waals surface area (Å²) in [5.41, 5.74) is 4.94. The highest BCUT2D eigenvalue weighted by Crippen LogP contribution is 2.25. The standard InChI is InChI=1S/C22H20ClN5O/c1-14-10-20(15(2)28(14)19-9-5-7-17(23)12-19)22(29)25-18-8-4-6-16(11-18)21-26-24-13-27(21)3/h4-13H,1-3H3,(H,25,29). The van der Waals surface area contributed by atoms with Gasteiger partial charge in [0.25, 0.3) is 5.91 Å². The summed E-state index contributed by atoms with van der Waals surface area (Å²) in [5, 5.41) is 11.7. The molecule has 0 aliphatic heterocycles. The van der Waals surface area contributed by atoms with Crippen LogP contribution in [0.15, 0.2) is 60.9 Å². The van der Waals surface area contributed by atoms with E-state index < -0.39 is 0 Å². The van der Waals surface area contributed by atoms with Gasteiger partial charge >= 0.3 is 0 Å². The van der Waals surface area contributed by atoms with Gasteiger partial charge in [-0.1, -0.05) is 29.8 Å². The normalized spacial score (nSPS) is 10.9. The zero-order valence-electron chi connectivity index (χ0n) is 16.3. The molecule has 0 saturated heterocycles. The predicted molar refractivity (Wildman–Crippen MR) is 115 cm³/mol. The van der Waals surface area contributed by atoms with Gasteiger partial charge in [0.1, 0.15) is 6.33 Å². The second-order valence-electron chi connectivity index (χ2n) is 6.90. The van der Waals surface area contributed by atoms with Gasteiger partial charge in [-0.15, -0.1) is 10.2 Å². The number of nitrogens with one attached hydrogen (secondary N) is 1. The van der Waals surface area contributed by atoms with Crippen LogP contribution in [-0.2, 0) is 7.05 Å². The number of benzene rings is 2. The van der Waals surface area contributed by atoms with E-state index in [9.17, 15) is 4.79 Å². The maximum absolute atomic E-state index is 13.0. The first kappa shape index (κ1) is 19.0. The Morgan fingerprint density at radius 1 is 1.07 bits per heavy atom. The topological polar surface area (TPSA) is 64.7 Å². The quantitative estimate of drug-likeness (QED) is 0.530. The number of rotatable bonds is 4. The lowest BCUT2D eigenvalue weighted by Gasteiger charge is -2.11. The summed E-state index contributed by atoms with van der Waals surface area (Å²) >= 11 is 6.14. The molecule has 0 aliphatic carbocycles. The average molecular weight is 406 g/mol. The monoisotopic (exact) mass is 405 g/mol. The van der Waals surface area contributed by atoms with E-state index in [1.165, 1.54) is 0 Å². The highest BCUT2D eigenvalue weighted by Gasteiger charge is 2.17. The van der Waals surface area contributed by atoms with E-state index in [0.29, 0.717) is 16.3 Å². The average Bonchev–Trinajstić information content (AvgIpc) is 3.24. The van der Waals surface area contributed by atoms with Gasteiger partial charge in [-0.3, -0.25) is 4.79 Å². The van der Waals surface area contributed by atoms with Gasteiger partial charge in [-0.05, 0) is 50.2 Å². The molecule has 0 unspecified atom stereocenters. The smallest absolute Gasteiger partial charge is 0.257 e. The molecule has 0 fully saturated rings. The van der Waals surface area contributed by atoms with Crippen molar-refractivity contribution in [1.29, 1.82) is 0 Å². The van der Waals surface area contributed by atoms with E-state index >= 15 is 0 Å². The van der Waals surface area contributed by atoms with Gasteiger partial charge in [-0.25, -0.2) is 0 Å². The molecule has 1 N–H and O–H groups in total. The Morgan fingerprint density at radius 2 is 1.86 bits per heavy atom. The van der Waals surface area contributed by atoms with E-state index in [2.05, 4.69) is 15.5 Å². The Labute approximate surface area is 173 Å². The SMILES string of the molecule is Cc1cc(C(=O)Nc2cccc(-c3nncn3C)c2)c(C)n1-c1cccc(Cl)c1. The van der Waals surface area contributed by atoms with Crippen molar-refractivity contribution in [2.24, 2.45) is 7.05 Å². The van der Waals surface area contributed by atoms with Crippen LogP contribution in [0.5, 0.6) is 0 Å². The lowest BCUT2D eigenvalue weighted by atomic mass is 10.1. The van der Waals surface area contributed by atoms with Gasteiger partial charge in [0.15, 0.2) is 5.82 Å². The molecule has 4 rings (SSSR count). The molecule has 6 nitrogen and oxygen atoms in total. The van der Waals surface area contributed by atoms with Crippen LogP contribution >= 0.6 is 11.6 Å². The van der Waals surface area contributed by atoms with E-state index in [1.807, 2.05) is 84.6 Å². The minimum atomic E-state index is -0.165. The first-order chi connectivity index (χ1) is 13.9. The molecule has 0 aliphatic rings. The van der Waals surface area contributed by atoms with E-state index in [0.717, 1.165) is 28.5 Å². The van der Waals surface area contributed by atoms with E-state index in [1.54, 1.807) is 6.33 Å². The fourth-order valence-electron chi connectivity index (χ4n) is 3.48. The molecule has 4 aromatic rings. The number of amides is 1. The molecule has 2 aromatic carbocycles. The largest absolute Gasteiger partial charge is 0.322 e. The Bertz CT molecular complexity index is 1210. The first-order valence-corrected chi connectivity index (χ1v) is 9.52. The first-order valence-electron chi connectivity index (χ1n) is 9.14. The number of hydrogen-bond donors (Lipinski definition) is 1. The zero-order chi connectivity index (χ0) is 20.5. The summed E-state index contributed by atoms with van der Waals surface area (Å²) in [5.74, 6) is 0.571. The van der Waals surface area contributed by atoms with Crippen LogP contribution in [0, 0.1) is 13.8 Å². The van der Waals surface area contributed by atoms with Gasteiger partial charge in [0.2, 0.25) is 0 Å². The summed E-state index contributed by atoms with van der Waals surface area (Å²) in [6.45, 7) is 3.90. The van der Waals surface area contributed by atoms with Crippen molar-refractivity contribution in [3.63, 3.8) is 0 Å². The van der Waals surface area contributed by atoms with Crippen molar-refractivity contribution in [3.8, 4) is 17.1 Å². The van der Waals surface area contributed by atoms with E-state index in [4.69, 9.17) is 11.6 Å². The number of hydrogen-bond acceptors (Lipinski definition) is 3. The van der Waals surface area contributed by atoms with Crippen molar-refractivity contribution < 1.29 is 4.79 Å². The predicted octanol–water partition coefficient (Wildman–Crippen LogP) is 4.80. The van der Waals surface area contributed by atoms with Crippen LogP contribution in [0.4, 0.5) is 5.69 Å². The third kappa shape index (κ3) is 3.67. The van der Waals surface area contributed by atoms with Crippen LogP contribution in [0.3, 0.4) is 0 Å². The van der Waals surface area contributed by atoms with Crippen molar-refractivity contribution in [2.75, 3.05) is 5.32 Å². The van der Waals surface area contributed by atoms with Gasteiger partial charge in [0, 0.05) is 40.4 Å². The Balaban J connectivity index is 1.63. The minimum Gasteiger partial charge on any atom is -0.322 e. The molecule has 0 atom stereocenters. The maximum Gasteiger partial charge on any atom is 0.257 e. The summed E-state index contributed by atoms with van der Waals surface area (Å²) in [6.07, 6.45) is 1.64. The fraction of sp³-hybridized carbons (Fsp3) is 0.136. The summed E-state index contributed by atoms with van der Waals surface area (Å²) in [7, 11) is 1.88. The molecule has 2 aromatic heterocycles. The van der Waals surface area contributed by atoms with Crippen LogP contribution in [0.25, 0.3) is 17.1 Å². The Morgan fingerprint density at radius 3 is 2.59 bits per heavy atom. The molecular formula is C22H20ClN5O. The highest BCUT2D eigenvalue weighted by molar-refractivity contribution is 6.30. The number of anilines is 1. The number of nitrogens with zero attached hydrogens (tertiary/aromatic N) is 4. The van der Waals surface area contributed by atoms with Crippen LogP contribution in [-0.4, -0.2) is 25.2 Å². The second-order valence-corrected chi connectivity index (χ2v) is 7.34. The number of halogens is 1. The van der Waals surface area contributed by atoms with Gasteiger partial charge in [-0.2, -0.15) is 0 Å². The molecule has 0 radical (unpaired) electrons. The third-order valence-corrected chi connectivity index (χ3v) is 5.07. The minimum absolute atomic E-state index is 0.165. The van der Waals surface area contributed by atoms with E-state index in [-0.39, 0.29) is 5.91 Å². The molecule has 1 amide bonds. The lowest BCUT2D eigenvalue weighted by Crippen LogP contribution is -2.13. The molecule has 0 bridgehead atoms. The maximum atomic E-state index is 13.0. The van der Waals surface area contributed by atoms with Crippen molar-refractivity contribution in [1.82, 2.24) is 19.3 Å². The number of carbonyl (C=O) groups excluding carboxylic acids is 1. The number of aromatic nitrogens is 4. The van der Waals surface area contributed by atoms with Crippen LogP contribution < -0.4 is 5.32 Å². The Hall–Kier alpha value is -3.38. The Kier molecular flexibility index (Phi) is 4.94. The number of aryl methyl sites for hydroxylation is 2. The summed E-state index contributed by atoms with van der Waals surface area (Å²) < 4.78 is 3.86. The third-order valence-electron chi connectivity index (χ3n) is 4.83. The zero-order valence-corrected chi connectivity index (χ0v) is 17.1. The van der Waals surface area contributed by atoms with Gasteiger partial charge in [0.05, 0.1) is 5.56 Å². The van der Waals surface area contributed by atoms with Crippen LogP contribution in [0.2, 0.25) is 5.02 Å². The molecule has 0 spiro atoms. The van der Waals surface area contributed by atoms with Crippen molar-refractivity contribution in [3.05, 3.63) is 82.9 Å². The molecule has 29 heavy (non-hydrogen) atoms. The number of carbonyl (C=O) groups is 1. The summed E-state index contributed by atoms with van der Waals surface area (Å²) in [6, 6.07) is 17.0. The molecule has 2 heterocycles. The van der Waals surface area contributed by atoms with Crippen LogP contribution in [0.1, 0.15) is 21.7 Å². The molecule has 0 saturated carbocycles. The van der Waals surface area contributed by atoms with Crippen molar-refractivity contribution >= 4 is 23.2 Å². The molecular weight excluding hydrogens is 386 g/mol. The molecule has 7 heteroatoms. The van der Waals surface area contributed by atoms with Gasteiger partial charge < -0.3 is 14.5 Å².